The van der Waals surface area contributed by atoms with Crippen molar-refractivity contribution in [2.45, 2.75) is 0 Å². The van der Waals surface area contributed by atoms with E-state index >= 15 is 0 Å². The number of nitrogens with zero attached hydrogens (tertiary/aromatic N) is 2. The Hall–Kier alpha value is -1.41. The molecular weight excluding hydrogens is 258 g/mol. The lowest BCUT2D eigenvalue weighted by Crippen LogP contribution is -2.15. The Bertz CT molecular complexity index is 383. The van der Waals surface area contributed by atoms with Crippen LogP contribution < -0.4 is 5.32 Å². The zero-order chi connectivity index (χ0) is 12.0. The molecule has 1 amide bonds. The van der Waals surface area contributed by atoms with Gasteiger partial charge in [-0.3, -0.25) is 5.32 Å². The highest BCUT2D eigenvalue weighted by molar-refractivity contribution is 7.10. The first kappa shape index (κ1) is 12.7. The minimum atomic E-state index is -0.701. The van der Waals surface area contributed by atoms with E-state index < -0.39 is 12.1 Å². The predicted molar refractivity (Wildman–Crippen MR) is 56.9 cm³/mol. The molecule has 0 atom stereocenters. The van der Waals surface area contributed by atoms with Crippen LogP contribution in [0.4, 0.5) is 9.93 Å². The summed E-state index contributed by atoms with van der Waals surface area (Å²) in [6, 6.07) is 0. The lowest BCUT2D eigenvalue weighted by atomic mass is 10.6. The topological polar surface area (TPSA) is 90.4 Å². The second kappa shape index (κ2) is 6.23. The zero-order valence-electron chi connectivity index (χ0n) is 8.23. The number of rotatable bonds is 4. The van der Waals surface area contributed by atoms with E-state index in [0.717, 1.165) is 11.5 Å². The van der Waals surface area contributed by atoms with Gasteiger partial charge in [0.05, 0.1) is 13.0 Å². The summed E-state index contributed by atoms with van der Waals surface area (Å²) < 4.78 is 12.7. The molecule has 0 saturated heterocycles. The molecule has 1 aromatic rings. The molecule has 1 N–H and O–H groups in total. The van der Waals surface area contributed by atoms with Crippen LogP contribution in [0.25, 0.3) is 0 Å². The first-order chi connectivity index (χ1) is 7.67. The molecule has 0 aliphatic carbocycles. The maximum absolute atomic E-state index is 11.1. The largest absolute Gasteiger partial charge is 0.463 e. The lowest BCUT2D eigenvalue weighted by Gasteiger charge is -2.00. The number of carbonyl (C=O) groups excluding carboxylic acids is 2. The Labute approximate surface area is 99.9 Å². The molecule has 0 unspecified atom stereocenters. The van der Waals surface area contributed by atoms with Crippen LogP contribution in [0.3, 0.4) is 0 Å². The molecule has 0 aliphatic heterocycles. The van der Waals surface area contributed by atoms with Crippen LogP contribution in [-0.4, -0.2) is 41.0 Å². The lowest BCUT2D eigenvalue weighted by molar-refractivity contribution is 0.0588. The van der Waals surface area contributed by atoms with Crippen LogP contribution >= 0.6 is 23.1 Å². The molecule has 0 radical (unpaired) electrons. The minimum absolute atomic E-state index is 0.0933. The van der Waals surface area contributed by atoms with Crippen molar-refractivity contribution in [2.24, 2.45) is 0 Å². The second-order valence-corrected chi connectivity index (χ2v) is 3.49. The van der Waals surface area contributed by atoms with Gasteiger partial charge in [-0.25, -0.2) is 9.59 Å². The number of hydrogen-bond acceptors (Lipinski definition) is 7. The maximum atomic E-state index is 11.1. The number of alkyl halides is 1. The second-order valence-electron chi connectivity index (χ2n) is 2.36. The van der Waals surface area contributed by atoms with Crippen molar-refractivity contribution in [3.63, 3.8) is 0 Å². The molecule has 0 fully saturated rings. The number of halogens is 1. The Morgan fingerprint density at radius 2 is 2.31 bits per heavy atom. The van der Waals surface area contributed by atoms with Crippen LogP contribution in [0.15, 0.2) is 0 Å². The van der Waals surface area contributed by atoms with Crippen LogP contribution in [-0.2, 0) is 9.47 Å². The molecule has 7 nitrogen and oxygen atoms in total. The Morgan fingerprint density at radius 1 is 1.56 bits per heavy atom. The average molecular weight is 266 g/mol. The molecule has 16 heavy (non-hydrogen) atoms. The number of nitrogens with one attached hydrogen (secondary N) is 1. The quantitative estimate of drug-likeness (QED) is 0.648. The van der Waals surface area contributed by atoms with E-state index in [4.69, 9.17) is 11.6 Å². The number of methoxy groups -OCH3 is 1. The Balaban J connectivity index is 2.52. The van der Waals surface area contributed by atoms with Gasteiger partial charge < -0.3 is 9.47 Å². The molecular formula is C7H8ClN3O4S. The third-order valence-electron chi connectivity index (χ3n) is 1.31. The highest BCUT2D eigenvalue weighted by atomic mass is 35.5. The van der Waals surface area contributed by atoms with Crippen molar-refractivity contribution in [1.29, 1.82) is 0 Å². The molecule has 1 aromatic heterocycles. The van der Waals surface area contributed by atoms with Gasteiger partial charge in [-0.1, -0.05) is 0 Å². The van der Waals surface area contributed by atoms with Gasteiger partial charge in [0.1, 0.15) is 6.61 Å². The Kier molecular flexibility index (Phi) is 4.93. The van der Waals surface area contributed by atoms with E-state index in [1.165, 1.54) is 7.11 Å². The molecule has 1 rings (SSSR count). The third kappa shape index (κ3) is 3.63. The average Bonchev–Trinajstić information content (AvgIpc) is 2.73. The van der Waals surface area contributed by atoms with Gasteiger partial charge in [-0.2, -0.15) is 9.36 Å². The number of amides is 1. The van der Waals surface area contributed by atoms with Gasteiger partial charge in [0.25, 0.3) is 5.82 Å². The molecule has 0 saturated carbocycles. The van der Waals surface area contributed by atoms with Crippen molar-refractivity contribution < 1.29 is 19.1 Å². The van der Waals surface area contributed by atoms with E-state index in [0.29, 0.717) is 0 Å². The molecule has 0 aromatic carbocycles. The van der Waals surface area contributed by atoms with Crippen molar-refractivity contribution in [1.82, 2.24) is 9.36 Å². The van der Waals surface area contributed by atoms with Crippen LogP contribution in [0, 0.1) is 0 Å². The summed E-state index contributed by atoms with van der Waals surface area (Å²) in [6.45, 7) is 0.0933. The van der Waals surface area contributed by atoms with Crippen LogP contribution in [0.2, 0.25) is 0 Å². The monoisotopic (exact) mass is 265 g/mol. The van der Waals surface area contributed by atoms with Gasteiger partial charge in [0, 0.05) is 11.5 Å². The maximum Gasteiger partial charge on any atom is 0.413 e. The summed E-state index contributed by atoms with van der Waals surface area (Å²) >= 11 is 6.17. The summed E-state index contributed by atoms with van der Waals surface area (Å²) in [5.74, 6) is -0.574. The first-order valence-corrected chi connectivity index (χ1v) is 5.40. The molecule has 0 aliphatic rings. The zero-order valence-corrected chi connectivity index (χ0v) is 9.80. The molecule has 88 valence electrons. The normalized spacial score (nSPS) is 9.62. The number of anilines is 1. The van der Waals surface area contributed by atoms with E-state index in [2.05, 4.69) is 24.1 Å². The minimum Gasteiger partial charge on any atom is -0.463 e. The summed E-state index contributed by atoms with van der Waals surface area (Å²) in [5.41, 5.74) is 0. The van der Waals surface area contributed by atoms with Crippen molar-refractivity contribution >= 4 is 40.3 Å². The van der Waals surface area contributed by atoms with Gasteiger partial charge >= 0.3 is 12.1 Å². The fourth-order valence-electron chi connectivity index (χ4n) is 0.703. The Morgan fingerprint density at radius 3 is 2.94 bits per heavy atom. The van der Waals surface area contributed by atoms with Gasteiger partial charge in [0.15, 0.2) is 0 Å². The summed E-state index contributed by atoms with van der Waals surface area (Å²) in [6.07, 6.45) is -0.701. The molecule has 0 spiro atoms. The van der Waals surface area contributed by atoms with E-state index in [1.54, 1.807) is 0 Å². The summed E-state index contributed by atoms with van der Waals surface area (Å²) in [4.78, 5) is 25.8. The third-order valence-corrected chi connectivity index (χ3v) is 2.10. The standard InChI is InChI=1S/C7H8ClN3O4S/c1-14-5(12)4-9-6(16-11-4)10-7(13)15-3-2-8/h2-3H2,1H3,(H,9,10,11,13). The molecule has 1 heterocycles. The van der Waals surface area contributed by atoms with Crippen molar-refractivity contribution in [2.75, 3.05) is 24.9 Å². The number of esters is 1. The van der Waals surface area contributed by atoms with Gasteiger partial charge in [-0.05, 0) is 0 Å². The highest BCUT2D eigenvalue weighted by Gasteiger charge is 2.14. The summed E-state index contributed by atoms with van der Waals surface area (Å²) in [7, 11) is 1.21. The van der Waals surface area contributed by atoms with Gasteiger partial charge in [-0.15, -0.1) is 11.6 Å². The smallest absolute Gasteiger partial charge is 0.413 e. The highest BCUT2D eigenvalue weighted by Crippen LogP contribution is 2.11. The number of hydrogen-bond donors (Lipinski definition) is 1. The van der Waals surface area contributed by atoms with Gasteiger partial charge in [0.2, 0.25) is 5.13 Å². The fraction of sp³-hybridized carbons (Fsp3) is 0.429. The molecule has 0 bridgehead atoms. The number of ether oxygens (including phenoxy) is 2. The first-order valence-electron chi connectivity index (χ1n) is 4.09. The molecule has 9 heteroatoms. The van der Waals surface area contributed by atoms with E-state index in [1.807, 2.05) is 0 Å². The SMILES string of the molecule is COC(=O)c1nsc(NC(=O)OCCCl)n1. The van der Waals surface area contributed by atoms with Crippen molar-refractivity contribution in [3.05, 3.63) is 5.82 Å². The van der Waals surface area contributed by atoms with E-state index in [-0.39, 0.29) is 23.4 Å². The van der Waals surface area contributed by atoms with Crippen LogP contribution in [0.5, 0.6) is 0 Å². The van der Waals surface area contributed by atoms with E-state index in [9.17, 15) is 9.59 Å². The summed E-state index contributed by atoms with van der Waals surface area (Å²) in [5, 5.41) is 2.45. The number of carbonyl (C=O) groups is 2. The fourth-order valence-corrected chi connectivity index (χ4v) is 1.32. The van der Waals surface area contributed by atoms with Crippen molar-refractivity contribution in [3.8, 4) is 0 Å². The van der Waals surface area contributed by atoms with Crippen LogP contribution in [0.1, 0.15) is 10.6 Å². The number of aromatic nitrogens is 2. The predicted octanol–water partition coefficient (Wildman–Crippen LogP) is 1.11.